The maximum Gasteiger partial charge on any atom is 0.165 e. The number of methoxy groups -OCH3 is 1. The quantitative estimate of drug-likeness (QED) is 0.879. The predicted octanol–water partition coefficient (Wildman–Crippen LogP) is 4.25. The largest absolute Gasteiger partial charge is 0.494 e. The summed E-state index contributed by atoms with van der Waals surface area (Å²) < 4.78 is 18.7. The summed E-state index contributed by atoms with van der Waals surface area (Å²) in [5.41, 5.74) is 2.12. The molecule has 0 aliphatic rings. The first-order chi connectivity index (χ1) is 9.61. The van der Waals surface area contributed by atoms with E-state index in [1.807, 2.05) is 31.2 Å². The lowest BCUT2D eigenvalue weighted by Gasteiger charge is -2.21. The van der Waals surface area contributed by atoms with Crippen molar-refractivity contribution in [3.63, 3.8) is 0 Å². The highest BCUT2D eigenvalue weighted by molar-refractivity contribution is 5.31. The second-order valence-electron chi connectivity index (χ2n) is 4.91. The molecule has 1 N–H and O–H groups in total. The Morgan fingerprint density at radius 3 is 2.20 bits per heavy atom. The van der Waals surface area contributed by atoms with Gasteiger partial charge in [0.05, 0.1) is 7.11 Å². The highest BCUT2D eigenvalue weighted by Gasteiger charge is 2.13. The number of nitrogens with one attached hydrogen (secondary N) is 1. The lowest BCUT2D eigenvalue weighted by atomic mass is 10.0. The number of ether oxygens (including phenoxy) is 1. The first kappa shape index (κ1) is 14.5. The van der Waals surface area contributed by atoms with Gasteiger partial charge in [-0.15, -0.1) is 0 Å². The van der Waals surface area contributed by atoms with Gasteiger partial charge in [-0.05, 0) is 37.1 Å². The van der Waals surface area contributed by atoms with Crippen LogP contribution in [0.15, 0.2) is 48.5 Å². The van der Waals surface area contributed by atoms with Gasteiger partial charge in [0.25, 0.3) is 0 Å². The van der Waals surface area contributed by atoms with Crippen LogP contribution in [0, 0.1) is 5.82 Å². The van der Waals surface area contributed by atoms with E-state index in [0.29, 0.717) is 0 Å². The van der Waals surface area contributed by atoms with Gasteiger partial charge in [-0.25, -0.2) is 4.39 Å². The maximum absolute atomic E-state index is 13.7. The fourth-order valence-corrected chi connectivity index (χ4v) is 2.26. The minimum Gasteiger partial charge on any atom is -0.494 e. The Labute approximate surface area is 119 Å². The monoisotopic (exact) mass is 273 g/mol. The number of hydrogen-bond donors (Lipinski definition) is 1. The fourth-order valence-electron chi connectivity index (χ4n) is 2.26. The van der Waals surface area contributed by atoms with Gasteiger partial charge in [-0.3, -0.25) is 0 Å². The van der Waals surface area contributed by atoms with Crippen LogP contribution >= 0.6 is 0 Å². The van der Waals surface area contributed by atoms with Gasteiger partial charge in [-0.1, -0.05) is 36.4 Å². The zero-order chi connectivity index (χ0) is 14.5. The van der Waals surface area contributed by atoms with Crippen LogP contribution in [0.3, 0.4) is 0 Å². The maximum atomic E-state index is 13.7. The topological polar surface area (TPSA) is 21.3 Å². The Balaban J connectivity index is 2.08. The zero-order valence-corrected chi connectivity index (χ0v) is 12.1. The van der Waals surface area contributed by atoms with E-state index in [1.54, 1.807) is 6.07 Å². The van der Waals surface area contributed by atoms with E-state index in [4.69, 9.17) is 4.74 Å². The SMILES string of the molecule is COc1ccc(C(C)N[C@@H](C)c2ccccc2)cc1F. The number of rotatable bonds is 5. The summed E-state index contributed by atoms with van der Waals surface area (Å²) in [5.74, 6) is -0.0527. The van der Waals surface area contributed by atoms with Gasteiger partial charge in [0.15, 0.2) is 11.6 Å². The van der Waals surface area contributed by atoms with Crippen LogP contribution < -0.4 is 10.1 Å². The standard InChI is InChI=1S/C17H20FNO/c1-12(14-7-5-4-6-8-14)19-13(2)15-9-10-17(20-3)16(18)11-15/h4-13,19H,1-3H3/t12-,13?/m0/s1. The first-order valence-corrected chi connectivity index (χ1v) is 6.76. The summed E-state index contributed by atoms with van der Waals surface area (Å²) in [7, 11) is 1.47. The third-order valence-corrected chi connectivity index (χ3v) is 3.48. The van der Waals surface area contributed by atoms with E-state index in [2.05, 4.69) is 24.4 Å². The average Bonchev–Trinajstić information content (AvgIpc) is 2.48. The second-order valence-corrected chi connectivity index (χ2v) is 4.91. The van der Waals surface area contributed by atoms with Crippen molar-refractivity contribution in [3.05, 3.63) is 65.5 Å². The molecule has 0 aromatic heterocycles. The Morgan fingerprint density at radius 1 is 0.950 bits per heavy atom. The molecule has 0 saturated heterocycles. The van der Waals surface area contributed by atoms with Gasteiger partial charge in [0.2, 0.25) is 0 Å². The minimum absolute atomic E-state index is 0.0608. The average molecular weight is 273 g/mol. The van der Waals surface area contributed by atoms with E-state index in [1.165, 1.54) is 18.7 Å². The molecule has 0 spiro atoms. The van der Waals surface area contributed by atoms with Gasteiger partial charge in [-0.2, -0.15) is 0 Å². The molecule has 1 unspecified atom stereocenters. The molecule has 0 aliphatic heterocycles. The van der Waals surface area contributed by atoms with Crippen LogP contribution in [0.1, 0.15) is 37.1 Å². The van der Waals surface area contributed by atoms with Crippen molar-refractivity contribution < 1.29 is 9.13 Å². The molecule has 2 aromatic rings. The molecule has 0 heterocycles. The summed E-state index contributed by atoms with van der Waals surface area (Å²) in [6, 6.07) is 15.5. The van der Waals surface area contributed by atoms with E-state index in [0.717, 1.165) is 5.56 Å². The number of halogens is 1. The van der Waals surface area contributed by atoms with Gasteiger partial charge in [0.1, 0.15) is 0 Å². The predicted molar refractivity (Wildman–Crippen MR) is 79.4 cm³/mol. The molecule has 0 amide bonds. The summed E-state index contributed by atoms with van der Waals surface area (Å²) in [5, 5.41) is 3.47. The summed E-state index contributed by atoms with van der Waals surface area (Å²) in [6.07, 6.45) is 0. The summed E-state index contributed by atoms with van der Waals surface area (Å²) in [6.45, 7) is 4.13. The van der Waals surface area contributed by atoms with Crippen molar-refractivity contribution in [2.45, 2.75) is 25.9 Å². The van der Waals surface area contributed by atoms with E-state index in [-0.39, 0.29) is 23.7 Å². The van der Waals surface area contributed by atoms with Crippen molar-refractivity contribution >= 4 is 0 Å². The normalized spacial score (nSPS) is 13.8. The molecule has 3 heteroatoms. The van der Waals surface area contributed by atoms with Crippen molar-refractivity contribution in [2.24, 2.45) is 0 Å². The third kappa shape index (κ3) is 3.36. The van der Waals surface area contributed by atoms with Gasteiger partial charge >= 0.3 is 0 Å². The van der Waals surface area contributed by atoms with E-state index >= 15 is 0 Å². The Hall–Kier alpha value is -1.87. The second kappa shape index (κ2) is 6.53. The highest BCUT2D eigenvalue weighted by atomic mass is 19.1. The van der Waals surface area contributed by atoms with E-state index in [9.17, 15) is 4.39 Å². The number of benzene rings is 2. The molecule has 2 atom stereocenters. The molecular weight excluding hydrogens is 253 g/mol. The molecule has 0 bridgehead atoms. The summed E-state index contributed by atoms with van der Waals surface area (Å²) >= 11 is 0. The first-order valence-electron chi connectivity index (χ1n) is 6.76. The van der Waals surface area contributed by atoms with Gasteiger partial charge in [0, 0.05) is 12.1 Å². The molecule has 0 radical (unpaired) electrons. The van der Waals surface area contributed by atoms with E-state index < -0.39 is 0 Å². The van der Waals surface area contributed by atoms with Crippen LogP contribution in [-0.2, 0) is 0 Å². The van der Waals surface area contributed by atoms with Crippen LogP contribution in [0.25, 0.3) is 0 Å². The molecular formula is C17H20FNO. The molecule has 0 saturated carbocycles. The summed E-state index contributed by atoms with van der Waals surface area (Å²) in [4.78, 5) is 0. The number of hydrogen-bond acceptors (Lipinski definition) is 2. The van der Waals surface area contributed by atoms with Gasteiger partial charge < -0.3 is 10.1 Å². The van der Waals surface area contributed by atoms with Crippen LogP contribution in [0.4, 0.5) is 4.39 Å². The molecule has 20 heavy (non-hydrogen) atoms. The van der Waals surface area contributed by atoms with Crippen molar-refractivity contribution in [2.75, 3.05) is 7.11 Å². The third-order valence-electron chi connectivity index (χ3n) is 3.48. The van der Waals surface area contributed by atoms with Crippen molar-refractivity contribution in [3.8, 4) is 5.75 Å². The lowest BCUT2D eigenvalue weighted by molar-refractivity contribution is 0.385. The molecule has 106 valence electrons. The Kier molecular flexibility index (Phi) is 4.74. The van der Waals surface area contributed by atoms with Crippen LogP contribution in [0.2, 0.25) is 0 Å². The Morgan fingerprint density at radius 2 is 1.60 bits per heavy atom. The molecule has 2 aromatic carbocycles. The minimum atomic E-state index is -0.328. The van der Waals surface area contributed by atoms with Crippen LogP contribution in [0.5, 0.6) is 5.75 Å². The van der Waals surface area contributed by atoms with Crippen molar-refractivity contribution in [1.82, 2.24) is 5.32 Å². The zero-order valence-electron chi connectivity index (χ0n) is 12.1. The molecule has 2 nitrogen and oxygen atoms in total. The molecule has 0 fully saturated rings. The van der Waals surface area contributed by atoms with Crippen LogP contribution in [-0.4, -0.2) is 7.11 Å². The molecule has 2 rings (SSSR count). The highest BCUT2D eigenvalue weighted by Crippen LogP contribution is 2.24. The lowest BCUT2D eigenvalue weighted by Crippen LogP contribution is -2.22. The fraction of sp³-hybridized carbons (Fsp3) is 0.294. The van der Waals surface area contributed by atoms with Crippen molar-refractivity contribution in [1.29, 1.82) is 0 Å². The Bertz CT molecular complexity index is 556. The smallest absolute Gasteiger partial charge is 0.165 e. The molecule has 0 aliphatic carbocycles.